The molecule has 3 heteroatoms. The topological polar surface area (TPSA) is 0 Å². The van der Waals surface area contributed by atoms with Crippen molar-refractivity contribution in [2.75, 3.05) is 0 Å². The molecule has 0 bridgehead atoms. The molecule has 0 radical (unpaired) electrons. The Morgan fingerprint density at radius 2 is 1.11 bits per heavy atom. The molecule has 0 aromatic heterocycles. The molecule has 1 rings (SSSR count). The van der Waals surface area contributed by atoms with E-state index in [4.69, 9.17) is 23.2 Å². The van der Waals surface area contributed by atoms with Crippen molar-refractivity contribution in [1.29, 1.82) is 0 Å². The van der Waals surface area contributed by atoms with Gasteiger partial charge in [0.2, 0.25) is 0 Å². The molecular weight excluding hydrogens is 182 g/mol. The third-order valence-corrected chi connectivity index (χ3v) is 1.31. The van der Waals surface area contributed by atoms with E-state index < -0.39 is 0 Å². The van der Waals surface area contributed by atoms with Gasteiger partial charge in [-0.2, -0.15) is 0 Å². The maximum atomic E-state index is 5.55. The molecule has 0 aliphatic carbocycles. The molecule has 0 unspecified atom stereocenters. The van der Waals surface area contributed by atoms with Crippen molar-refractivity contribution in [2.24, 2.45) is 0 Å². The number of halogens is 2. The summed E-state index contributed by atoms with van der Waals surface area (Å²) in [6, 6.07) is 7.02. The average Bonchev–Trinajstić information content (AvgIpc) is 1.77. The molecule has 0 heterocycles. The van der Waals surface area contributed by atoms with Gasteiger partial charge < -0.3 is 1.43 Å². The third kappa shape index (κ3) is 3.99. The van der Waals surface area contributed by atoms with E-state index in [-0.39, 0.29) is 52.8 Å². The number of hydrogen-bond donors (Lipinski definition) is 0. The van der Waals surface area contributed by atoms with Gasteiger partial charge in [0.25, 0.3) is 0 Å². The second kappa shape index (κ2) is 5.13. The molecule has 0 aliphatic rings. The molecule has 9 heavy (non-hydrogen) atoms. The Bertz CT molecular complexity index is 155. The van der Waals surface area contributed by atoms with Crippen LogP contribution in [-0.4, -0.2) is 0 Å². The van der Waals surface area contributed by atoms with Crippen molar-refractivity contribution in [3.63, 3.8) is 0 Å². The maximum absolute atomic E-state index is 5.55. The van der Waals surface area contributed by atoms with Crippen LogP contribution in [0.5, 0.6) is 0 Å². The number of rotatable bonds is 0. The quantitative estimate of drug-likeness (QED) is 0.506. The second-order valence-electron chi connectivity index (χ2n) is 1.44. The van der Waals surface area contributed by atoms with Crippen LogP contribution < -0.4 is 51.4 Å². The molecular formula is C6H5Cl2K. The predicted octanol–water partition coefficient (Wildman–Crippen LogP) is 0.110. The van der Waals surface area contributed by atoms with Crippen molar-refractivity contribution in [2.45, 2.75) is 0 Å². The molecule has 0 atom stereocenters. The molecule has 1 aromatic rings. The standard InChI is InChI=1S/C6H4Cl2.K.H/c7-5-1-2-6(8)4-3-5;;/h1-4H;;/q;+1;-1. The van der Waals surface area contributed by atoms with Crippen LogP contribution in [0.1, 0.15) is 1.43 Å². The van der Waals surface area contributed by atoms with E-state index in [9.17, 15) is 0 Å². The Morgan fingerprint density at radius 1 is 0.889 bits per heavy atom. The van der Waals surface area contributed by atoms with Crippen LogP contribution in [0.25, 0.3) is 0 Å². The summed E-state index contributed by atoms with van der Waals surface area (Å²) in [5, 5.41) is 1.43. The first-order valence-electron chi connectivity index (χ1n) is 2.20. The zero-order valence-electron chi connectivity index (χ0n) is 6.07. The zero-order valence-corrected chi connectivity index (χ0v) is 9.70. The fraction of sp³-hybridized carbons (Fsp3) is 0. The van der Waals surface area contributed by atoms with Gasteiger partial charge in [-0.1, -0.05) is 23.2 Å². The van der Waals surface area contributed by atoms with Crippen molar-refractivity contribution in [1.82, 2.24) is 0 Å². The van der Waals surface area contributed by atoms with Gasteiger partial charge in [-0.3, -0.25) is 0 Å². The SMILES string of the molecule is Clc1ccc(Cl)cc1.[H-].[K+]. The third-order valence-electron chi connectivity index (χ3n) is 0.804. The van der Waals surface area contributed by atoms with Crippen molar-refractivity contribution < 1.29 is 52.8 Å². The molecule has 0 N–H and O–H groups in total. The monoisotopic (exact) mass is 186 g/mol. The van der Waals surface area contributed by atoms with Gasteiger partial charge in [0.1, 0.15) is 0 Å². The molecule has 0 spiro atoms. The van der Waals surface area contributed by atoms with E-state index in [1.54, 1.807) is 24.3 Å². The first-order valence-corrected chi connectivity index (χ1v) is 2.96. The van der Waals surface area contributed by atoms with Crippen LogP contribution in [0.15, 0.2) is 24.3 Å². The van der Waals surface area contributed by atoms with E-state index in [0.717, 1.165) is 10.0 Å². The molecule has 0 saturated carbocycles. The molecule has 0 saturated heterocycles. The van der Waals surface area contributed by atoms with Gasteiger partial charge in [0, 0.05) is 10.0 Å². The average molecular weight is 187 g/mol. The van der Waals surface area contributed by atoms with Crippen LogP contribution in [0.3, 0.4) is 0 Å². The van der Waals surface area contributed by atoms with Crippen LogP contribution in [0, 0.1) is 0 Å². The Morgan fingerprint density at radius 3 is 1.33 bits per heavy atom. The fourth-order valence-electron chi connectivity index (χ4n) is 0.430. The molecule has 0 amide bonds. The largest absolute Gasteiger partial charge is 1.00 e. The Labute approximate surface area is 108 Å². The summed E-state index contributed by atoms with van der Waals surface area (Å²) in [4.78, 5) is 0. The van der Waals surface area contributed by atoms with Crippen LogP contribution in [-0.2, 0) is 0 Å². The second-order valence-corrected chi connectivity index (χ2v) is 2.31. The Balaban J connectivity index is 0. The first kappa shape index (κ1) is 10.4. The van der Waals surface area contributed by atoms with Gasteiger partial charge in [-0.05, 0) is 24.3 Å². The first-order chi connectivity index (χ1) is 3.79. The predicted molar refractivity (Wildman–Crippen MR) is 37.6 cm³/mol. The van der Waals surface area contributed by atoms with Crippen LogP contribution in [0.2, 0.25) is 10.0 Å². The van der Waals surface area contributed by atoms with E-state index >= 15 is 0 Å². The normalized spacial score (nSPS) is 8.22. The summed E-state index contributed by atoms with van der Waals surface area (Å²) in [6.07, 6.45) is 0. The van der Waals surface area contributed by atoms with Crippen LogP contribution >= 0.6 is 23.2 Å². The van der Waals surface area contributed by atoms with E-state index in [2.05, 4.69) is 0 Å². The van der Waals surface area contributed by atoms with Gasteiger partial charge in [0.05, 0.1) is 0 Å². The number of hydrogen-bond acceptors (Lipinski definition) is 0. The van der Waals surface area contributed by atoms with E-state index in [1.165, 1.54) is 0 Å². The Hall–Kier alpha value is 1.44. The Kier molecular flexibility index (Phi) is 5.95. The van der Waals surface area contributed by atoms with Crippen LogP contribution in [0.4, 0.5) is 0 Å². The molecule has 1 aromatic carbocycles. The van der Waals surface area contributed by atoms with Gasteiger partial charge in [0.15, 0.2) is 0 Å². The maximum Gasteiger partial charge on any atom is 1.00 e. The summed E-state index contributed by atoms with van der Waals surface area (Å²) < 4.78 is 0. The number of benzene rings is 1. The van der Waals surface area contributed by atoms with Crippen molar-refractivity contribution in [3.05, 3.63) is 34.3 Å². The minimum absolute atomic E-state index is 0. The summed E-state index contributed by atoms with van der Waals surface area (Å²) in [5.74, 6) is 0. The van der Waals surface area contributed by atoms with Crippen molar-refractivity contribution in [3.8, 4) is 0 Å². The van der Waals surface area contributed by atoms with Gasteiger partial charge >= 0.3 is 51.4 Å². The molecule has 44 valence electrons. The fourth-order valence-corrected chi connectivity index (χ4v) is 0.682. The summed E-state index contributed by atoms with van der Waals surface area (Å²) in [7, 11) is 0. The summed E-state index contributed by atoms with van der Waals surface area (Å²) >= 11 is 11.1. The summed E-state index contributed by atoms with van der Waals surface area (Å²) in [6.45, 7) is 0. The van der Waals surface area contributed by atoms with E-state index in [1.807, 2.05) is 0 Å². The smallest absolute Gasteiger partial charge is 1.00 e. The zero-order chi connectivity index (χ0) is 5.98. The molecule has 0 aliphatic heterocycles. The van der Waals surface area contributed by atoms with Gasteiger partial charge in [-0.25, -0.2) is 0 Å². The molecule has 0 fully saturated rings. The van der Waals surface area contributed by atoms with Gasteiger partial charge in [-0.15, -0.1) is 0 Å². The van der Waals surface area contributed by atoms with E-state index in [0.29, 0.717) is 0 Å². The minimum atomic E-state index is 0. The molecule has 0 nitrogen and oxygen atoms in total. The minimum Gasteiger partial charge on any atom is -1.00 e. The summed E-state index contributed by atoms with van der Waals surface area (Å²) in [5.41, 5.74) is 0. The van der Waals surface area contributed by atoms with Crippen molar-refractivity contribution >= 4 is 23.2 Å².